The molecular weight excluding hydrogens is 255 g/mol. The molecule has 1 aromatic rings. The summed E-state index contributed by atoms with van der Waals surface area (Å²) in [4.78, 5) is 16.1. The number of halogens is 1. The first-order valence-corrected chi connectivity index (χ1v) is 7.42. The van der Waals surface area contributed by atoms with Gasteiger partial charge in [-0.2, -0.15) is 0 Å². The maximum Gasteiger partial charge on any atom is 0.260 e. The van der Waals surface area contributed by atoms with E-state index in [1.807, 2.05) is 18.2 Å². The van der Waals surface area contributed by atoms with Crippen molar-refractivity contribution < 1.29 is 9.18 Å². The molecule has 1 aromatic carbocycles. The van der Waals surface area contributed by atoms with Crippen molar-refractivity contribution in [1.29, 1.82) is 0 Å². The highest BCUT2D eigenvalue weighted by atomic mass is 19.1. The summed E-state index contributed by atoms with van der Waals surface area (Å²) in [7, 11) is 0. The third-order valence-electron chi connectivity index (χ3n) is 4.44. The second-order valence-electron chi connectivity index (χ2n) is 5.87. The van der Waals surface area contributed by atoms with Crippen molar-refractivity contribution in [2.75, 3.05) is 26.2 Å². The number of benzene rings is 1. The highest BCUT2D eigenvalue weighted by molar-refractivity contribution is 5.86. The SMILES string of the molecule is O=C(N1CCN(Cc2ccccc2)CC1)C1(F)CCC1. The van der Waals surface area contributed by atoms with Gasteiger partial charge in [-0.15, -0.1) is 0 Å². The normalized spacial score (nSPS) is 22.4. The van der Waals surface area contributed by atoms with E-state index in [0.717, 1.165) is 26.1 Å². The Hall–Kier alpha value is -1.42. The summed E-state index contributed by atoms with van der Waals surface area (Å²) >= 11 is 0. The summed E-state index contributed by atoms with van der Waals surface area (Å²) in [5, 5.41) is 0. The summed E-state index contributed by atoms with van der Waals surface area (Å²) < 4.78 is 14.1. The van der Waals surface area contributed by atoms with Crippen molar-refractivity contribution >= 4 is 5.91 Å². The number of rotatable bonds is 3. The fourth-order valence-electron chi connectivity index (χ4n) is 2.94. The van der Waals surface area contributed by atoms with Crippen molar-refractivity contribution in [3.63, 3.8) is 0 Å². The van der Waals surface area contributed by atoms with Crippen molar-refractivity contribution in [2.45, 2.75) is 31.5 Å². The zero-order valence-corrected chi connectivity index (χ0v) is 11.7. The summed E-state index contributed by atoms with van der Waals surface area (Å²) in [6, 6.07) is 10.3. The van der Waals surface area contributed by atoms with E-state index in [2.05, 4.69) is 17.0 Å². The number of nitrogens with zero attached hydrogens (tertiary/aromatic N) is 2. The molecule has 0 radical (unpaired) electrons. The number of alkyl halides is 1. The molecule has 3 nitrogen and oxygen atoms in total. The van der Waals surface area contributed by atoms with Crippen LogP contribution in [0.25, 0.3) is 0 Å². The van der Waals surface area contributed by atoms with Gasteiger partial charge >= 0.3 is 0 Å². The maximum absolute atomic E-state index is 14.1. The molecule has 0 aromatic heterocycles. The second kappa shape index (κ2) is 5.52. The van der Waals surface area contributed by atoms with Gasteiger partial charge < -0.3 is 4.90 Å². The van der Waals surface area contributed by atoms with Crippen LogP contribution in [0.4, 0.5) is 4.39 Å². The zero-order chi connectivity index (χ0) is 14.0. The highest BCUT2D eigenvalue weighted by Crippen LogP contribution is 2.37. The van der Waals surface area contributed by atoms with E-state index in [1.54, 1.807) is 4.90 Å². The van der Waals surface area contributed by atoms with E-state index >= 15 is 0 Å². The Kier molecular flexibility index (Phi) is 3.74. The molecule has 0 spiro atoms. The minimum atomic E-state index is -1.54. The van der Waals surface area contributed by atoms with Crippen LogP contribution in [0.15, 0.2) is 30.3 Å². The Morgan fingerprint density at radius 1 is 1.10 bits per heavy atom. The molecule has 108 valence electrons. The Bertz CT molecular complexity index is 465. The van der Waals surface area contributed by atoms with Gasteiger partial charge in [0.25, 0.3) is 5.91 Å². The Labute approximate surface area is 119 Å². The summed E-state index contributed by atoms with van der Waals surface area (Å²) in [5.74, 6) is -0.275. The number of carbonyl (C=O) groups excluding carboxylic acids is 1. The third kappa shape index (κ3) is 2.70. The van der Waals surface area contributed by atoms with Crippen LogP contribution in [0.2, 0.25) is 0 Å². The fraction of sp³-hybridized carbons (Fsp3) is 0.562. The first-order chi connectivity index (χ1) is 9.67. The molecule has 1 amide bonds. The average Bonchev–Trinajstić information content (AvgIpc) is 2.46. The number of hydrogen-bond acceptors (Lipinski definition) is 2. The largest absolute Gasteiger partial charge is 0.337 e. The molecular formula is C16H21FN2O. The van der Waals surface area contributed by atoms with Gasteiger partial charge in [0.2, 0.25) is 0 Å². The lowest BCUT2D eigenvalue weighted by Crippen LogP contribution is -2.56. The highest BCUT2D eigenvalue weighted by Gasteiger charge is 2.47. The van der Waals surface area contributed by atoms with Gasteiger partial charge in [0, 0.05) is 32.7 Å². The lowest BCUT2D eigenvalue weighted by atomic mass is 9.81. The first-order valence-electron chi connectivity index (χ1n) is 7.42. The van der Waals surface area contributed by atoms with Crippen LogP contribution in [0.5, 0.6) is 0 Å². The molecule has 1 aliphatic heterocycles. The maximum atomic E-state index is 14.1. The number of piperazine rings is 1. The molecule has 2 fully saturated rings. The molecule has 1 saturated carbocycles. The van der Waals surface area contributed by atoms with E-state index in [-0.39, 0.29) is 5.91 Å². The topological polar surface area (TPSA) is 23.6 Å². The van der Waals surface area contributed by atoms with Crippen LogP contribution in [0.1, 0.15) is 24.8 Å². The van der Waals surface area contributed by atoms with Crippen LogP contribution in [0.3, 0.4) is 0 Å². The van der Waals surface area contributed by atoms with Crippen LogP contribution in [-0.2, 0) is 11.3 Å². The third-order valence-corrected chi connectivity index (χ3v) is 4.44. The quantitative estimate of drug-likeness (QED) is 0.845. The number of hydrogen-bond donors (Lipinski definition) is 0. The fourth-order valence-corrected chi connectivity index (χ4v) is 2.94. The van der Waals surface area contributed by atoms with Gasteiger partial charge in [-0.25, -0.2) is 4.39 Å². The zero-order valence-electron chi connectivity index (χ0n) is 11.7. The lowest BCUT2D eigenvalue weighted by molar-refractivity contribution is -0.151. The molecule has 4 heteroatoms. The van der Waals surface area contributed by atoms with Gasteiger partial charge in [-0.3, -0.25) is 9.69 Å². The molecule has 1 heterocycles. The van der Waals surface area contributed by atoms with Crippen LogP contribution in [-0.4, -0.2) is 47.6 Å². The molecule has 2 aliphatic rings. The number of amides is 1. The molecule has 0 N–H and O–H groups in total. The average molecular weight is 276 g/mol. The monoisotopic (exact) mass is 276 g/mol. The van der Waals surface area contributed by atoms with Crippen molar-refractivity contribution in [2.24, 2.45) is 0 Å². The molecule has 20 heavy (non-hydrogen) atoms. The van der Waals surface area contributed by atoms with Crippen LogP contribution >= 0.6 is 0 Å². The van der Waals surface area contributed by atoms with Crippen LogP contribution in [0, 0.1) is 0 Å². The summed E-state index contributed by atoms with van der Waals surface area (Å²) in [5.41, 5.74) is -0.255. The van der Waals surface area contributed by atoms with E-state index in [0.29, 0.717) is 25.9 Å². The Morgan fingerprint density at radius 3 is 2.30 bits per heavy atom. The standard InChI is InChI=1S/C16H21FN2O/c17-16(7-4-8-16)15(20)19-11-9-18(10-12-19)13-14-5-2-1-3-6-14/h1-3,5-6H,4,7-13H2. The van der Waals surface area contributed by atoms with Crippen molar-refractivity contribution in [3.8, 4) is 0 Å². The molecule has 0 unspecified atom stereocenters. The van der Waals surface area contributed by atoms with Crippen LogP contribution < -0.4 is 0 Å². The van der Waals surface area contributed by atoms with Gasteiger partial charge in [0.1, 0.15) is 0 Å². The molecule has 1 saturated heterocycles. The van der Waals surface area contributed by atoms with E-state index in [9.17, 15) is 9.18 Å². The molecule has 0 bridgehead atoms. The predicted octanol–water partition coefficient (Wildman–Crippen LogP) is 2.22. The predicted molar refractivity (Wildman–Crippen MR) is 76.0 cm³/mol. The molecule has 0 atom stereocenters. The van der Waals surface area contributed by atoms with Gasteiger partial charge in [-0.05, 0) is 24.8 Å². The minimum Gasteiger partial charge on any atom is -0.337 e. The van der Waals surface area contributed by atoms with Crippen molar-refractivity contribution in [3.05, 3.63) is 35.9 Å². The van der Waals surface area contributed by atoms with E-state index in [4.69, 9.17) is 0 Å². The Balaban J connectivity index is 1.51. The first kappa shape index (κ1) is 13.6. The van der Waals surface area contributed by atoms with E-state index < -0.39 is 5.67 Å². The summed E-state index contributed by atoms with van der Waals surface area (Å²) in [6.07, 6.45) is 1.67. The second-order valence-corrected chi connectivity index (χ2v) is 5.87. The van der Waals surface area contributed by atoms with Gasteiger partial charge in [-0.1, -0.05) is 30.3 Å². The number of carbonyl (C=O) groups is 1. The van der Waals surface area contributed by atoms with Gasteiger partial charge in [0.15, 0.2) is 5.67 Å². The smallest absolute Gasteiger partial charge is 0.260 e. The summed E-state index contributed by atoms with van der Waals surface area (Å²) in [6.45, 7) is 3.87. The molecule has 1 aliphatic carbocycles. The van der Waals surface area contributed by atoms with Crippen molar-refractivity contribution in [1.82, 2.24) is 9.80 Å². The minimum absolute atomic E-state index is 0.275. The van der Waals surface area contributed by atoms with Gasteiger partial charge in [0.05, 0.1) is 0 Å². The van der Waals surface area contributed by atoms with E-state index in [1.165, 1.54) is 5.56 Å². The molecule has 3 rings (SSSR count). The lowest BCUT2D eigenvalue weighted by Gasteiger charge is -2.41. The Morgan fingerprint density at radius 2 is 1.75 bits per heavy atom.